The Labute approximate surface area is 352 Å². The van der Waals surface area contributed by atoms with Gasteiger partial charge in [-0.25, -0.2) is 4.98 Å². The van der Waals surface area contributed by atoms with Crippen molar-refractivity contribution in [1.29, 1.82) is 0 Å². The summed E-state index contributed by atoms with van der Waals surface area (Å²) in [6.07, 6.45) is 0. The summed E-state index contributed by atoms with van der Waals surface area (Å²) in [7, 11) is 0. The van der Waals surface area contributed by atoms with Gasteiger partial charge in [-0.15, -0.1) is 0 Å². The van der Waals surface area contributed by atoms with E-state index in [1.165, 1.54) is 27.4 Å². The molecule has 0 radical (unpaired) electrons. The van der Waals surface area contributed by atoms with Crippen molar-refractivity contribution in [2.24, 2.45) is 0 Å². The fraction of sp³-hybridized carbons (Fsp3) is 0. The Kier molecular flexibility index (Phi) is 8.13. The van der Waals surface area contributed by atoms with Crippen LogP contribution in [-0.2, 0) is 0 Å². The van der Waals surface area contributed by atoms with Crippen LogP contribution in [0.25, 0.3) is 93.8 Å². The zero-order valence-electron chi connectivity index (χ0n) is 33.1. The van der Waals surface area contributed by atoms with Crippen molar-refractivity contribution in [2.45, 2.75) is 0 Å². The third-order valence-electron chi connectivity index (χ3n) is 12.0. The summed E-state index contributed by atoms with van der Waals surface area (Å²) in [5, 5.41) is 6.98. The molecular weight excluding hydrogens is 743 g/mol. The van der Waals surface area contributed by atoms with Crippen LogP contribution in [0, 0.1) is 0 Å². The number of aromatic nitrogens is 2. The number of para-hydroxylation sites is 2. The lowest BCUT2D eigenvalue weighted by molar-refractivity contribution is 0.623. The van der Waals surface area contributed by atoms with Crippen molar-refractivity contribution < 1.29 is 4.42 Å². The Bertz CT molecular complexity index is 3550. The lowest BCUT2D eigenvalue weighted by atomic mass is 9.97. The van der Waals surface area contributed by atoms with Gasteiger partial charge in [-0.1, -0.05) is 146 Å². The van der Waals surface area contributed by atoms with Gasteiger partial charge < -0.3 is 13.9 Å². The van der Waals surface area contributed by atoms with Crippen molar-refractivity contribution in [3.05, 3.63) is 224 Å². The summed E-state index contributed by atoms with van der Waals surface area (Å²) in [5.74, 6) is 0.636. The molecule has 4 nitrogen and oxygen atoms in total. The first kappa shape index (κ1) is 34.8. The predicted molar refractivity (Wildman–Crippen MR) is 254 cm³/mol. The van der Waals surface area contributed by atoms with E-state index in [0.717, 1.165) is 77.6 Å². The second-order valence-electron chi connectivity index (χ2n) is 15.6. The Morgan fingerprint density at radius 3 is 1.66 bits per heavy atom. The molecule has 61 heavy (non-hydrogen) atoms. The summed E-state index contributed by atoms with van der Waals surface area (Å²) in [6.45, 7) is 0. The second kappa shape index (κ2) is 14.3. The van der Waals surface area contributed by atoms with Gasteiger partial charge in [0.2, 0.25) is 5.89 Å². The molecule has 0 bridgehead atoms. The quantitative estimate of drug-likeness (QED) is 0.151. The van der Waals surface area contributed by atoms with Gasteiger partial charge in [-0.2, -0.15) is 0 Å². The molecule has 2 aromatic heterocycles. The molecular formula is C57H37N3O. The minimum absolute atomic E-state index is 0.636. The SMILES string of the molecule is c1ccc(-c2ccc(N(c3ccc(-c4ccc5c(ccc6ccc7nc(-c8ccccc8)oc7c65)c4)cc3)c3ccc4c5ccccc5n(-c5ccccc5)c4c3)cc2)cc1. The van der Waals surface area contributed by atoms with Gasteiger partial charge in [0.1, 0.15) is 5.52 Å². The zero-order chi connectivity index (χ0) is 40.3. The molecule has 0 fully saturated rings. The molecule has 12 aromatic rings. The molecule has 0 aliphatic heterocycles. The average Bonchev–Trinajstić information content (AvgIpc) is 3.92. The number of rotatable bonds is 7. The van der Waals surface area contributed by atoms with Crippen LogP contribution in [-0.4, -0.2) is 9.55 Å². The van der Waals surface area contributed by atoms with Gasteiger partial charge >= 0.3 is 0 Å². The van der Waals surface area contributed by atoms with Gasteiger partial charge in [0.05, 0.1) is 11.0 Å². The van der Waals surface area contributed by atoms with Crippen molar-refractivity contribution in [2.75, 3.05) is 4.90 Å². The summed E-state index contributed by atoms with van der Waals surface area (Å²) in [5.41, 5.74) is 14.1. The lowest BCUT2D eigenvalue weighted by Crippen LogP contribution is -2.10. The van der Waals surface area contributed by atoms with Gasteiger partial charge in [0, 0.05) is 44.5 Å². The molecule has 286 valence electrons. The first-order chi connectivity index (χ1) is 30.2. The van der Waals surface area contributed by atoms with Gasteiger partial charge in [-0.05, 0) is 117 Å². The second-order valence-corrected chi connectivity index (χ2v) is 15.6. The number of hydrogen-bond acceptors (Lipinski definition) is 3. The predicted octanol–water partition coefficient (Wildman–Crippen LogP) is 15.7. The van der Waals surface area contributed by atoms with Gasteiger partial charge in [0.25, 0.3) is 0 Å². The van der Waals surface area contributed by atoms with E-state index in [1.807, 2.05) is 30.3 Å². The summed E-state index contributed by atoms with van der Waals surface area (Å²) >= 11 is 0. The lowest BCUT2D eigenvalue weighted by Gasteiger charge is -2.26. The number of oxazole rings is 1. The highest BCUT2D eigenvalue weighted by atomic mass is 16.3. The van der Waals surface area contributed by atoms with Crippen LogP contribution in [0.1, 0.15) is 0 Å². The number of anilines is 3. The Morgan fingerprint density at radius 1 is 0.377 bits per heavy atom. The molecule has 4 heteroatoms. The van der Waals surface area contributed by atoms with Crippen LogP contribution in [0.2, 0.25) is 0 Å². The molecule has 0 spiro atoms. The van der Waals surface area contributed by atoms with Crippen molar-refractivity contribution in [1.82, 2.24) is 9.55 Å². The van der Waals surface area contributed by atoms with Crippen LogP contribution >= 0.6 is 0 Å². The normalized spacial score (nSPS) is 11.6. The van der Waals surface area contributed by atoms with Crippen LogP contribution in [0.15, 0.2) is 229 Å². The summed E-state index contributed by atoms with van der Waals surface area (Å²) in [4.78, 5) is 7.23. The number of fused-ring (bicyclic) bond motifs is 8. The number of hydrogen-bond donors (Lipinski definition) is 0. The van der Waals surface area contributed by atoms with E-state index in [4.69, 9.17) is 9.40 Å². The van der Waals surface area contributed by atoms with Crippen molar-refractivity contribution in [3.8, 4) is 39.4 Å². The van der Waals surface area contributed by atoms with Crippen molar-refractivity contribution in [3.63, 3.8) is 0 Å². The zero-order valence-corrected chi connectivity index (χ0v) is 33.1. The van der Waals surface area contributed by atoms with Crippen LogP contribution in [0.5, 0.6) is 0 Å². The molecule has 0 unspecified atom stereocenters. The molecule has 0 aliphatic carbocycles. The third-order valence-corrected chi connectivity index (χ3v) is 12.0. The van der Waals surface area contributed by atoms with E-state index >= 15 is 0 Å². The smallest absolute Gasteiger partial charge is 0.227 e. The first-order valence-electron chi connectivity index (χ1n) is 20.7. The third kappa shape index (κ3) is 5.96. The molecule has 10 aromatic carbocycles. The Morgan fingerprint density at radius 2 is 0.918 bits per heavy atom. The van der Waals surface area contributed by atoms with Crippen molar-refractivity contribution >= 4 is 71.5 Å². The Balaban J connectivity index is 0.962. The highest BCUT2D eigenvalue weighted by Crippen LogP contribution is 2.42. The fourth-order valence-corrected chi connectivity index (χ4v) is 9.05. The van der Waals surface area contributed by atoms with Crippen LogP contribution in [0.4, 0.5) is 17.1 Å². The first-order valence-corrected chi connectivity index (χ1v) is 20.7. The molecule has 0 saturated heterocycles. The largest absolute Gasteiger partial charge is 0.435 e. The maximum atomic E-state index is 6.48. The topological polar surface area (TPSA) is 34.2 Å². The molecule has 0 atom stereocenters. The van der Waals surface area contributed by atoms with E-state index in [1.54, 1.807) is 0 Å². The monoisotopic (exact) mass is 779 g/mol. The minimum Gasteiger partial charge on any atom is -0.435 e. The van der Waals surface area contributed by atoms with E-state index < -0.39 is 0 Å². The van der Waals surface area contributed by atoms with Gasteiger partial charge in [0.15, 0.2) is 5.58 Å². The fourth-order valence-electron chi connectivity index (χ4n) is 9.05. The number of benzene rings is 10. The molecule has 0 saturated carbocycles. The van der Waals surface area contributed by atoms with Crippen LogP contribution in [0.3, 0.4) is 0 Å². The van der Waals surface area contributed by atoms with E-state index in [2.05, 4.69) is 204 Å². The molecule has 0 N–H and O–H groups in total. The van der Waals surface area contributed by atoms with E-state index in [9.17, 15) is 0 Å². The Hall–Kier alpha value is -8.21. The molecule has 12 rings (SSSR count). The summed E-state index contributed by atoms with van der Waals surface area (Å²) < 4.78 is 8.86. The van der Waals surface area contributed by atoms with Crippen LogP contribution < -0.4 is 4.90 Å². The standard InChI is InChI=1S/C57H37N3O/c1-4-12-38(13-5-1)39-22-28-46(29-23-39)59(48-32-34-51-50-18-10-11-19-53(50)60(54(51)37-48)45-16-8-3-9-17-45)47-30-24-40(25-31-47)43-26-33-49-44(36-43)21-20-41-27-35-52-56(55(41)49)61-57(58-52)42-14-6-2-7-15-42/h1-37H. The van der Waals surface area contributed by atoms with E-state index in [0.29, 0.717) is 5.89 Å². The minimum atomic E-state index is 0.636. The average molecular weight is 780 g/mol. The number of nitrogens with zero attached hydrogens (tertiary/aromatic N) is 3. The molecule has 0 amide bonds. The highest BCUT2D eigenvalue weighted by Gasteiger charge is 2.19. The molecule has 0 aliphatic rings. The summed E-state index contributed by atoms with van der Waals surface area (Å²) in [6, 6.07) is 80.1. The maximum absolute atomic E-state index is 6.48. The van der Waals surface area contributed by atoms with E-state index in [-0.39, 0.29) is 0 Å². The van der Waals surface area contributed by atoms with Gasteiger partial charge in [-0.3, -0.25) is 0 Å². The molecule has 2 heterocycles. The maximum Gasteiger partial charge on any atom is 0.227 e. The highest BCUT2D eigenvalue weighted by molar-refractivity contribution is 6.18.